The molecule has 4 rings (SSSR count). The van der Waals surface area contributed by atoms with Crippen LogP contribution in [0.1, 0.15) is 37.5 Å². The average molecular weight is 462 g/mol. The number of nitrogens with one attached hydrogen (secondary N) is 2. The Morgan fingerprint density at radius 2 is 2.15 bits per heavy atom. The summed E-state index contributed by atoms with van der Waals surface area (Å²) >= 11 is 0. The summed E-state index contributed by atoms with van der Waals surface area (Å²) in [6, 6.07) is 9.68. The third kappa shape index (κ3) is 4.66. The maximum atomic E-state index is 12.9. The number of nitrogens with zero attached hydrogens (tertiary/aromatic N) is 7. The average Bonchev–Trinajstić information content (AvgIpc) is 3.39. The molecule has 4 aromatic heterocycles. The number of pyridine rings is 3. The summed E-state index contributed by atoms with van der Waals surface area (Å²) in [5.74, 6) is 0.137. The summed E-state index contributed by atoms with van der Waals surface area (Å²) in [5, 5.41) is 19.1. The van der Waals surface area contributed by atoms with Gasteiger partial charge in [0.15, 0.2) is 23.2 Å². The number of aromatic nitrogens is 6. The fraction of sp³-hybridized carbons (Fsp3) is 0.174. The van der Waals surface area contributed by atoms with E-state index in [0.717, 1.165) is 11.0 Å². The molecule has 0 amide bonds. The number of rotatable bonds is 8. The summed E-state index contributed by atoms with van der Waals surface area (Å²) in [4.78, 5) is 29.6. The first-order chi connectivity index (χ1) is 18.9. The number of anilines is 4. The highest BCUT2D eigenvalue weighted by molar-refractivity contribution is 6.02. The number of ether oxygens (including phenoxy) is 1. The molecule has 11 heteroatoms. The fourth-order valence-electron chi connectivity index (χ4n) is 3.08. The molecule has 0 bridgehead atoms. The van der Waals surface area contributed by atoms with Crippen LogP contribution in [0.2, 0.25) is 0 Å². The quantitative estimate of drug-likeness (QED) is 0.373. The van der Waals surface area contributed by atoms with Gasteiger partial charge in [-0.1, -0.05) is 12.9 Å². The van der Waals surface area contributed by atoms with Crippen molar-refractivity contribution in [1.82, 2.24) is 29.7 Å². The molecule has 11 nitrogen and oxygen atoms in total. The number of carbonyl (C=O) groups excluding carboxylic acids is 1. The van der Waals surface area contributed by atoms with Gasteiger partial charge in [0, 0.05) is 40.1 Å². The van der Waals surface area contributed by atoms with Gasteiger partial charge in [-0.2, -0.15) is 10.4 Å². The Balaban J connectivity index is 1.76. The highest BCUT2D eigenvalue weighted by Crippen LogP contribution is 2.36. The van der Waals surface area contributed by atoms with E-state index in [2.05, 4.69) is 35.7 Å². The molecule has 0 saturated carbocycles. The lowest BCUT2D eigenvalue weighted by atomic mass is 10.1. The molecule has 0 aliphatic carbocycles. The minimum Gasteiger partial charge on any atom is -0.492 e. The van der Waals surface area contributed by atoms with Crippen LogP contribution in [0.3, 0.4) is 0 Å². The smallest absolute Gasteiger partial charge is 0.185 e. The van der Waals surface area contributed by atoms with Gasteiger partial charge < -0.3 is 15.4 Å². The first-order valence-corrected chi connectivity index (χ1v) is 9.78. The maximum Gasteiger partial charge on any atom is 0.185 e. The summed E-state index contributed by atoms with van der Waals surface area (Å²) in [5.41, 5.74) is 0.600. The Labute approximate surface area is 203 Å². The van der Waals surface area contributed by atoms with Crippen molar-refractivity contribution in [2.45, 2.75) is 13.3 Å². The zero-order chi connectivity index (χ0) is 29.1. The van der Waals surface area contributed by atoms with Crippen molar-refractivity contribution in [1.29, 1.82) is 5.26 Å². The lowest BCUT2D eigenvalue weighted by Gasteiger charge is -2.16. The SMILES string of the molecule is [2H]C([2H])([2H])CC(=O)c1cnc(Nc2cccc(C#N)n2)cc1Nc1nccc(-c2ncn(C([2H])([2H])[2H])n2)c1OC. The Morgan fingerprint density at radius 3 is 2.91 bits per heavy atom. The standard InChI is InChI=1S/C23H21N9O2/c1-4-18(33)16-12-26-20(30-19-7-5-6-14(11-24)28-19)10-17(16)29-23-21(34-3)15(8-9-25-23)22-27-13-32(2)31-22/h5-10,12-13H,4H2,1-3H3,(H2,25,26,28,29,30)/i1D3,2D3. The molecule has 4 aromatic rings. The molecule has 0 radical (unpaired) electrons. The van der Waals surface area contributed by atoms with Crippen LogP contribution in [0.25, 0.3) is 11.4 Å². The normalized spacial score (nSPS) is 13.8. The van der Waals surface area contributed by atoms with Gasteiger partial charge in [-0.05, 0) is 18.2 Å². The number of carbonyl (C=O) groups is 1. The van der Waals surface area contributed by atoms with E-state index in [1.807, 2.05) is 6.07 Å². The topological polar surface area (TPSA) is 144 Å². The molecule has 4 heterocycles. The van der Waals surface area contributed by atoms with Crippen molar-refractivity contribution in [3.63, 3.8) is 0 Å². The highest BCUT2D eigenvalue weighted by atomic mass is 16.5. The summed E-state index contributed by atoms with van der Waals surface area (Å²) < 4.78 is 51.3. The van der Waals surface area contributed by atoms with Gasteiger partial charge in [0.1, 0.15) is 29.7 Å². The van der Waals surface area contributed by atoms with Gasteiger partial charge in [0.05, 0.1) is 23.9 Å². The van der Waals surface area contributed by atoms with E-state index < -0.39 is 26.0 Å². The van der Waals surface area contributed by atoms with E-state index in [4.69, 9.17) is 18.2 Å². The third-order valence-corrected chi connectivity index (χ3v) is 4.58. The maximum absolute atomic E-state index is 12.9. The van der Waals surface area contributed by atoms with E-state index in [-0.39, 0.29) is 40.2 Å². The predicted molar refractivity (Wildman–Crippen MR) is 125 cm³/mol. The fourth-order valence-corrected chi connectivity index (χ4v) is 3.08. The molecule has 0 unspecified atom stereocenters. The molecule has 0 atom stereocenters. The third-order valence-electron chi connectivity index (χ3n) is 4.58. The number of ketones is 1. The van der Waals surface area contributed by atoms with Crippen molar-refractivity contribution in [2.75, 3.05) is 17.7 Å². The van der Waals surface area contributed by atoms with E-state index >= 15 is 0 Å². The Kier molecular flexibility index (Phi) is 4.55. The first kappa shape index (κ1) is 15.9. The summed E-state index contributed by atoms with van der Waals surface area (Å²) in [6.45, 7) is -5.05. The molecular formula is C23H21N9O2. The van der Waals surface area contributed by atoms with Gasteiger partial charge >= 0.3 is 0 Å². The van der Waals surface area contributed by atoms with Crippen LogP contribution in [0.4, 0.5) is 23.1 Å². The molecule has 2 N–H and O–H groups in total. The molecule has 0 aliphatic rings. The number of Topliss-reactive ketones (excluding diaryl/α,β-unsaturated/α-hetero) is 1. The van der Waals surface area contributed by atoms with Gasteiger partial charge in [-0.3, -0.25) is 9.48 Å². The molecule has 34 heavy (non-hydrogen) atoms. The van der Waals surface area contributed by atoms with E-state index in [0.29, 0.717) is 11.4 Å². The van der Waals surface area contributed by atoms with Crippen molar-refractivity contribution in [3.05, 3.63) is 60.3 Å². The lowest BCUT2D eigenvalue weighted by molar-refractivity contribution is 0.0988. The molecule has 0 saturated heterocycles. The minimum absolute atomic E-state index is 0.0283. The van der Waals surface area contributed by atoms with Gasteiger partial charge in [-0.25, -0.2) is 19.9 Å². The number of methoxy groups -OCH3 is 1. The molecule has 170 valence electrons. The van der Waals surface area contributed by atoms with Crippen LogP contribution < -0.4 is 15.4 Å². The largest absolute Gasteiger partial charge is 0.492 e. The van der Waals surface area contributed by atoms with Gasteiger partial charge in [0.2, 0.25) is 0 Å². The minimum atomic E-state index is -2.54. The van der Waals surface area contributed by atoms with Gasteiger partial charge in [0.25, 0.3) is 0 Å². The van der Waals surface area contributed by atoms with Crippen LogP contribution in [0.5, 0.6) is 5.75 Å². The van der Waals surface area contributed by atoms with Crippen molar-refractivity contribution < 1.29 is 17.8 Å². The molecular weight excluding hydrogens is 434 g/mol. The predicted octanol–water partition coefficient (Wildman–Crippen LogP) is 3.63. The summed E-state index contributed by atoms with van der Waals surface area (Å²) in [7, 11) is 1.36. The van der Waals surface area contributed by atoms with Crippen LogP contribution in [-0.2, 0) is 6.98 Å². The monoisotopic (exact) mass is 461 g/mol. The number of aryl methyl sites for hydroxylation is 1. The second kappa shape index (κ2) is 9.74. The summed E-state index contributed by atoms with van der Waals surface area (Å²) in [6.07, 6.45) is 2.95. The van der Waals surface area contributed by atoms with Crippen molar-refractivity contribution in [2.24, 2.45) is 6.98 Å². The molecule has 0 aliphatic heterocycles. The van der Waals surface area contributed by atoms with Crippen molar-refractivity contribution >= 4 is 28.9 Å². The van der Waals surface area contributed by atoms with E-state index in [9.17, 15) is 4.79 Å². The molecule has 0 aromatic carbocycles. The Bertz CT molecular complexity index is 1590. The number of hydrogen-bond donors (Lipinski definition) is 2. The second-order valence-electron chi connectivity index (χ2n) is 6.74. The zero-order valence-electron chi connectivity index (χ0n) is 23.8. The van der Waals surface area contributed by atoms with Crippen LogP contribution in [-0.4, -0.2) is 42.6 Å². The zero-order valence-corrected chi connectivity index (χ0v) is 17.8. The van der Waals surface area contributed by atoms with Crippen LogP contribution in [0.15, 0.2) is 49.1 Å². The van der Waals surface area contributed by atoms with E-state index in [1.165, 1.54) is 37.7 Å². The van der Waals surface area contributed by atoms with Crippen LogP contribution in [0, 0.1) is 11.3 Å². The highest BCUT2D eigenvalue weighted by Gasteiger charge is 2.19. The van der Waals surface area contributed by atoms with E-state index in [1.54, 1.807) is 12.1 Å². The van der Waals surface area contributed by atoms with Crippen molar-refractivity contribution in [3.8, 4) is 23.2 Å². The van der Waals surface area contributed by atoms with Crippen LogP contribution >= 0.6 is 0 Å². The Hall–Kier alpha value is -4.85. The first-order valence-electron chi connectivity index (χ1n) is 12.8. The molecule has 0 spiro atoms. The van der Waals surface area contributed by atoms with Gasteiger partial charge in [-0.15, -0.1) is 0 Å². The number of hydrogen-bond acceptors (Lipinski definition) is 10. The number of nitriles is 1. The molecule has 0 fully saturated rings. The Morgan fingerprint density at radius 1 is 1.24 bits per heavy atom. The second-order valence-corrected chi connectivity index (χ2v) is 6.74. The lowest BCUT2D eigenvalue weighted by Crippen LogP contribution is -2.08.